The Hall–Kier alpha value is -0.0800. The van der Waals surface area contributed by atoms with Crippen molar-refractivity contribution in [3.8, 4) is 0 Å². The number of nitrogens with zero attached hydrogens (tertiary/aromatic N) is 1. The summed E-state index contributed by atoms with van der Waals surface area (Å²) in [5.74, 6) is 0. The summed E-state index contributed by atoms with van der Waals surface area (Å²) >= 11 is 0. The van der Waals surface area contributed by atoms with Gasteiger partial charge in [-0.3, -0.25) is 0 Å². The third kappa shape index (κ3) is 9.84. The van der Waals surface area contributed by atoms with Crippen molar-refractivity contribution in [1.29, 1.82) is 0 Å². The molecule has 0 aliphatic rings. The molecule has 2 heteroatoms. The fourth-order valence-electron chi connectivity index (χ4n) is 1.40. The number of hydrogen-bond acceptors (Lipinski definition) is 2. The van der Waals surface area contributed by atoms with Crippen molar-refractivity contribution in [2.24, 2.45) is 0 Å². The Labute approximate surface area is 83.7 Å². The van der Waals surface area contributed by atoms with Crippen molar-refractivity contribution >= 4 is 0 Å². The van der Waals surface area contributed by atoms with E-state index in [1.54, 1.807) is 0 Å². The standard InChI is InChI=1S/C11H26N2/c1-4-5-6-7-8-10-13(3)11-9-12-2/h12H,4-11H2,1-3H3. The molecule has 0 spiro atoms. The smallest absolute Gasteiger partial charge is 0.0104 e. The highest BCUT2D eigenvalue weighted by atomic mass is 15.1. The normalized spacial score (nSPS) is 11.1. The SMILES string of the molecule is CCCCCCCN(C)CCNC. The van der Waals surface area contributed by atoms with Crippen LogP contribution < -0.4 is 5.32 Å². The molecule has 0 saturated heterocycles. The molecule has 1 N–H and O–H groups in total. The molecule has 0 radical (unpaired) electrons. The molecule has 0 unspecified atom stereocenters. The predicted molar refractivity (Wildman–Crippen MR) is 60.2 cm³/mol. The van der Waals surface area contributed by atoms with Gasteiger partial charge in [0.25, 0.3) is 0 Å². The van der Waals surface area contributed by atoms with Crippen molar-refractivity contribution in [2.45, 2.75) is 39.0 Å². The van der Waals surface area contributed by atoms with Crippen LogP contribution in [0.1, 0.15) is 39.0 Å². The van der Waals surface area contributed by atoms with E-state index in [1.165, 1.54) is 45.2 Å². The average molecular weight is 186 g/mol. The molecule has 0 aromatic heterocycles. The molecule has 0 saturated carbocycles. The van der Waals surface area contributed by atoms with E-state index in [-0.39, 0.29) is 0 Å². The molecule has 0 atom stereocenters. The molecule has 0 fully saturated rings. The van der Waals surface area contributed by atoms with Gasteiger partial charge in [-0.1, -0.05) is 32.6 Å². The fraction of sp³-hybridized carbons (Fsp3) is 1.00. The van der Waals surface area contributed by atoms with Gasteiger partial charge in [0.15, 0.2) is 0 Å². The summed E-state index contributed by atoms with van der Waals surface area (Å²) in [4.78, 5) is 2.41. The molecule has 80 valence electrons. The number of likely N-dealkylation sites (N-methyl/N-ethyl adjacent to an activating group) is 2. The summed E-state index contributed by atoms with van der Waals surface area (Å²) in [6.45, 7) is 5.79. The summed E-state index contributed by atoms with van der Waals surface area (Å²) in [5.41, 5.74) is 0. The minimum atomic E-state index is 1.10. The zero-order chi connectivity index (χ0) is 9.94. The highest BCUT2D eigenvalue weighted by Crippen LogP contribution is 2.02. The fourth-order valence-corrected chi connectivity index (χ4v) is 1.40. The topological polar surface area (TPSA) is 15.3 Å². The molecule has 13 heavy (non-hydrogen) atoms. The van der Waals surface area contributed by atoms with Crippen LogP contribution in [0.15, 0.2) is 0 Å². The largest absolute Gasteiger partial charge is 0.318 e. The first-order valence-electron chi connectivity index (χ1n) is 5.64. The zero-order valence-electron chi connectivity index (χ0n) is 9.60. The van der Waals surface area contributed by atoms with Crippen LogP contribution >= 0.6 is 0 Å². The molecule has 0 aliphatic carbocycles. The van der Waals surface area contributed by atoms with Crippen molar-refractivity contribution in [3.63, 3.8) is 0 Å². The Morgan fingerprint density at radius 3 is 2.31 bits per heavy atom. The molecule has 2 nitrogen and oxygen atoms in total. The third-order valence-corrected chi connectivity index (χ3v) is 2.39. The van der Waals surface area contributed by atoms with E-state index in [1.807, 2.05) is 7.05 Å². The van der Waals surface area contributed by atoms with Crippen LogP contribution in [0.4, 0.5) is 0 Å². The van der Waals surface area contributed by atoms with Crippen LogP contribution in [0.2, 0.25) is 0 Å². The van der Waals surface area contributed by atoms with E-state index in [4.69, 9.17) is 0 Å². The van der Waals surface area contributed by atoms with Crippen LogP contribution in [0.5, 0.6) is 0 Å². The van der Waals surface area contributed by atoms with Crippen molar-refractivity contribution < 1.29 is 0 Å². The minimum Gasteiger partial charge on any atom is -0.318 e. The van der Waals surface area contributed by atoms with E-state index in [0.717, 1.165) is 6.54 Å². The molecular weight excluding hydrogens is 160 g/mol. The lowest BCUT2D eigenvalue weighted by molar-refractivity contribution is 0.325. The van der Waals surface area contributed by atoms with Crippen LogP contribution in [0, 0.1) is 0 Å². The first-order valence-corrected chi connectivity index (χ1v) is 5.64. The third-order valence-electron chi connectivity index (χ3n) is 2.39. The van der Waals surface area contributed by atoms with Gasteiger partial charge in [0.2, 0.25) is 0 Å². The number of hydrogen-bond donors (Lipinski definition) is 1. The maximum absolute atomic E-state index is 3.17. The number of nitrogens with one attached hydrogen (secondary N) is 1. The van der Waals surface area contributed by atoms with Gasteiger partial charge in [-0.2, -0.15) is 0 Å². The molecule has 0 bridgehead atoms. The van der Waals surface area contributed by atoms with Gasteiger partial charge >= 0.3 is 0 Å². The molecule has 0 rings (SSSR count). The van der Waals surface area contributed by atoms with Gasteiger partial charge in [0, 0.05) is 13.1 Å². The number of rotatable bonds is 9. The van der Waals surface area contributed by atoms with Gasteiger partial charge in [-0.25, -0.2) is 0 Å². The number of unbranched alkanes of at least 4 members (excludes halogenated alkanes) is 4. The zero-order valence-corrected chi connectivity index (χ0v) is 9.60. The van der Waals surface area contributed by atoms with Crippen LogP contribution in [-0.2, 0) is 0 Å². The summed E-state index contributed by atoms with van der Waals surface area (Å²) in [5, 5.41) is 3.17. The van der Waals surface area contributed by atoms with Crippen LogP contribution in [0.25, 0.3) is 0 Å². The van der Waals surface area contributed by atoms with E-state index in [9.17, 15) is 0 Å². The van der Waals surface area contributed by atoms with E-state index >= 15 is 0 Å². The van der Waals surface area contributed by atoms with Gasteiger partial charge < -0.3 is 10.2 Å². The lowest BCUT2D eigenvalue weighted by Crippen LogP contribution is -2.28. The first-order chi connectivity index (χ1) is 6.31. The van der Waals surface area contributed by atoms with Gasteiger partial charge in [0.1, 0.15) is 0 Å². The van der Waals surface area contributed by atoms with Gasteiger partial charge in [0.05, 0.1) is 0 Å². The Morgan fingerprint density at radius 2 is 1.69 bits per heavy atom. The monoisotopic (exact) mass is 186 g/mol. The summed E-state index contributed by atoms with van der Waals surface area (Å²) in [6.07, 6.45) is 6.92. The lowest BCUT2D eigenvalue weighted by Gasteiger charge is -2.15. The van der Waals surface area contributed by atoms with Crippen molar-refractivity contribution in [2.75, 3.05) is 33.7 Å². The van der Waals surface area contributed by atoms with Crippen molar-refractivity contribution in [3.05, 3.63) is 0 Å². The molecular formula is C11H26N2. The second-order valence-corrected chi connectivity index (χ2v) is 3.82. The Bertz CT molecular complexity index is 94.1. The quantitative estimate of drug-likeness (QED) is 0.555. The summed E-state index contributed by atoms with van der Waals surface area (Å²) in [6, 6.07) is 0. The molecule has 0 aromatic carbocycles. The Morgan fingerprint density at radius 1 is 1.00 bits per heavy atom. The van der Waals surface area contributed by atoms with Crippen LogP contribution in [-0.4, -0.2) is 38.6 Å². The molecule has 0 heterocycles. The van der Waals surface area contributed by atoms with Crippen LogP contribution in [0.3, 0.4) is 0 Å². The molecule has 0 aliphatic heterocycles. The van der Waals surface area contributed by atoms with Gasteiger partial charge in [-0.05, 0) is 27.1 Å². The second kappa shape index (κ2) is 10.0. The minimum absolute atomic E-state index is 1.10. The summed E-state index contributed by atoms with van der Waals surface area (Å²) in [7, 11) is 4.21. The average Bonchev–Trinajstić information content (AvgIpc) is 2.14. The summed E-state index contributed by atoms with van der Waals surface area (Å²) < 4.78 is 0. The highest BCUT2D eigenvalue weighted by molar-refractivity contribution is 4.53. The Balaban J connectivity index is 3.03. The highest BCUT2D eigenvalue weighted by Gasteiger charge is 1.96. The van der Waals surface area contributed by atoms with E-state index in [0.29, 0.717) is 0 Å². The molecule has 0 amide bonds. The van der Waals surface area contributed by atoms with Gasteiger partial charge in [-0.15, -0.1) is 0 Å². The maximum atomic E-state index is 3.17. The first kappa shape index (κ1) is 12.9. The second-order valence-electron chi connectivity index (χ2n) is 3.82. The lowest BCUT2D eigenvalue weighted by atomic mass is 10.1. The maximum Gasteiger partial charge on any atom is 0.0104 e. The van der Waals surface area contributed by atoms with E-state index < -0.39 is 0 Å². The molecule has 0 aromatic rings. The van der Waals surface area contributed by atoms with Crippen molar-refractivity contribution in [1.82, 2.24) is 10.2 Å². The Kier molecular flexibility index (Phi) is 9.94. The van der Waals surface area contributed by atoms with E-state index in [2.05, 4.69) is 24.2 Å². The predicted octanol–water partition coefficient (Wildman–Crippen LogP) is 2.11.